The second-order valence-electron chi connectivity index (χ2n) is 4.92. The number of halogens is 2. The van der Waals surface area contributed by atoms with Crippen molar-refractivity contribution < 1.29 is 14.3 Å². The van der Waals surface area contributed by atoms with Crippen LogP contribution in [-0.4, -0.2) is 43.5 Å². The van der Waals surface area contributed by atoms with Crippen LogP contribution in [0.4, 0.5) is 5.69 Å². The van der Waals surface area contributed by atoms with Crippen molar-refractivity contribution in [1.29, 1.82) is 0 Å². The normalized spacial score (nSPS) is 18.5. The van der Waals surface area contributed by atoms with E-state index < -0.39 is 0 Å². The lowest BCUT2D eigenvalue weighted by Gasteiger charge is -2.15. The Balaban J connectivity index is 1.87. The van der Waals surface area contributed by atoms with Gasteiger partial charge in [0.1, 0.15) is 0 Å². The van der Waals surface area contributed by atoms with Gasteiger partial charge >= 0.3 is 5.97 Å². The predicted molar refractivity (Wildman–Crippen MR) is 84.3 cm³/mol. The fourth-order valence-electron chi connectivity index (χ4n) is 2.32. The molecule has 114 valence electrons. The minimum Gasteiger partial charge on any atom is -0.469 e. The first-order chi connectivity index (χ1) is 9.99. The average Bonchev–Trinajstić information content (AvgIpc) is 2.89. The van der Waals surface area contributed by atoms with Crippen molar-refractivity contribution in [3.63, 3.8) is 0 Å². The van der Waals surface area contributed by atoms with E-state index >= 15 is 0 Å². The van der Waals surface area contributed by atoms with Crippen LogP contribution in [0.25, 0.3) is 0 Å². The van der Waals surface area contributed by atoms with Crippen LogP contribution in [0, 0.1) is 5.92 Å². The maximum Gasteiger partial charge on any atom is 0.310 e. The van der Waals surface area contributed by atoms with Crippen LogP contribution in [-0.2, 0) is 14.3 Å². The first kappa shape index (κ1) is 16.3. The Hall–Kier alpha value is -1.11. The third-order valence-electron chi connectivity index (χ3n) is 3.38. The Morgan fingerprint density at radius 2 is 2.29 bits per heavy atom. The van der Waals surface area contributed by atoms with Crippen LogP contribution in [0.2, 0.25) is 5.02 Å². The van der Waals surface area contributed by atoms with E-state index in [1.807, 2.05) is 11.0 Å². The monoisotopic (exact) mass is 374 g/mol. The zero-order chi connectivity index (χ0) is 15.4. The van der Waals surface area contributed by atoms with Crippen molar-refractivity contribution >= 4 is 45.1 Å². The maximum atomic E-state index is 12.0. The lowest BCUT2D eigenvalue weighted by molar-refractivity contribution is -0.145. The second kappa shape index (κ2) is 7.24. The standard InChI is InChI=1S/C14H16BrClN2O3/c1-21-14(20)9-4-5-18(7-9)8-13(19)17-12-3-2-10(15)6-11(12)16/h2-3,6,9H,4-5,7-8H2,1H3,(H,17,19). The highest BCUT2D eigenvalue weighted by atomic mass is 79.9. The molecule has 1 unspecified atom stereocenters. The highest BCUT2D eigenvalue weighted by Gasteiger charge is 2.29. The van der Waals surface area contributed by atoms with E-state index in [1.54, 1.807) is 12.1 Å². The second-order valence-corrected chi connectivity index (χ2v) is 6.24. The van der Waals surface area contributed by atoms with E-state index in [1.165, 1.54) is 7.11 Å². The van der Waals surface area contributed by atoms with Crippen molar-refractivity contribution in [1.82, 2.24) is 4.90 Å². The van der Waals surface area contributed by atoms with Crippen molar-refractivity contribution in [2.75, 3.05) is 32.1 Å². The molecule has 1 N–H and O–H groups in total. The van der Waals surface area contributed by atoms with Gasteiger partial charge in [0.25, 0.3) is 0 Å². The maximum absolute atomic E-state index is 12.0. The van der Waals surface area contributed by atoms with E-state index in [9.17, 15) is 9.59 Å². The Kier molecular flexibility index (Phi) is 5.61. The lowest BCUT2D eigenvalue weighted by atomic mass is 10.1. The smallest absolute Gasteiger partial charge is 0.310 e. The average molecular weight is 376 g/mol. The summed E-state index contributed by atoms with van der Waals surface area (Å²) in [5.74, 6) is -0.502. The fraction of sp³-hybridized carbons (Fsp3) is 0.429. The number of nitrogens with one attached hydrogen (secondary N) is 1. The predicted octanol–water partition coefficient (Wildman–Crippen LogP) is 2.54. The number of rotatable bonds is 4. The summed E-state index contributed by atoms with van der Waals surface area (Å²) in [6, 6.07) is 5.27. The highest BCUT2D eigenvalue weighted by molar-refractivity contribution is 9.10. The third kappa shape index (κ3) is 4.43. The Morgan fingerprint density at radius 1 is 1.52 bits per heavy atom. The van der Waals surface area contributed by atoms with Gasteiger partial charge in [-0.05, 0) is 31.2 Å². The molecule has 0 aliphatic carbocycles. The lowest BCUT2D eigenvalue weighted by Crippen LogP contribution is -2.32. The summed E-state index contributed by atoms with van der Waals surface area (Å²) >= 11 is 9.37. The van der Waals surface area contributed by atoms with E-state index in [-0.39, 0.29) is 24.3 Å². The van der Waals surface area contributed by atoms with Crippen molar-refractivity contribution in [3.05, 3.63) is 27.7 Å². The van der Waals surface area contributed by atoms with Gasteiger partial charge in [-0.15, -0.1) is 0 Å². The first-order valence-electron chi connectivity index (χ1n) is 6.54. The minimum atomic E-state index is -0.214. The topological polar surface area (TPSA) is 58.6 Å². The molecule has 0 saturated carbocycles. The number of nitrogens with zero attached hydrogens (tertiary/aromatic N) is 1. The van der Waals surface area contributed by atoms with Crippen molar-refractivity contribution in [2.45, 2.75) is 6.42 Å². The van der Waals surface area contributed by atoms with Crippen molar-refractivity contribution in [3.8, 4) is 0 Å². The SMILES string of the molecule is COC(=O)C1CCN(CC(=O)Nc2ccc(Br)cc2Cl)C1. The number of likely N-dealkylation sites (tertiary alicyclic amines) is 1. The van der Waals surface area contributed by atoms with Crippen LogP contribution in [0.5, 0.6) is 0 Å². The number of anilines is 1. The van der Waals surface area contributed by atoms with Crippen LogP contribution in [0.15, 0.2) is 22.7 Å². The molecule has 1 heterocycles. The molecular formula is C14H16BrClN2O3. The molecular weight excluding hydrogens is 360 g/mol. The van der Waals surface area contributed by atoms with Crippen LogP contribution < -0.4 is 5.32 Å². The van der Waals surface area contributed by atoms with E-state index in [0.29, 0.717) is 23.8 Å². The number of esters is 1. The zero-order valence-corrected chi connectivity index (χ0v) is 13.9. The van der Waals surface area contributed by atoms with Gasteiger partial charge in [0, 0.05) is 11.0 Å². The Labute approximate surface area is 136 Å². The third-order valence-corrected chi connectivity index (χ3v) is 4.19. The summed E-state index contributed by atoms with van der Waals surface area (Å²) < 4.78 is 5.57. The highest BCUT2D eigenvalue weighted by Crippen LogP contribution is 2.25. The van der Waals surface area contributed by atoms with Gasteiger partial charge in [-0.2, -0.15) is 0 Å². The van der Waals surface area contributed by atoms with Gasteiger partial charge in [-0.25, -0.2) is 0 Å². The molecule has 1 aromatic carbocycles. The molecule has 21 heavy (non-hydrogen) atoms. The summed E-state index contributed by atoms with van der Waals surface area (Å²) in [6.07, 6.45) is 0.721. The number of benzene rings is 1. The molecule has 1 aliphatic heterocycles. The summed E-state index contributed by atoms with van der Waals surface area (Å²) in [7, 11) is 1.38. The Bertz CT molecular complexity index is 553. The van der Waals surface area contributed by atoms with Crippen LogP contribution in [0.3, 0.4) is 0 Å². The number of hydrogen-bond acceptors (Lipinski definition) is 4. The van der Waals surface area contributed by atoms with Gasteiger partial charge in [0.15, 0.2) is 0 Å². The number of ether oxygens (including phenoxy) is 1. The molecule has 5 nitrogen and oxygen atoms in total. The molecule has 1 saturated heterocycles. The van der Waals surface area contributed by atoms with Gasteiger partial charge in [0.05, 0.1) is 30.3 Å². The van der Waals surface area contributed by atoms with Crippen LogP contribution in [0.1, 0.15) is 6.42 Å². The number of carbonyl (C=O) groups is 2. The molecule has 2 rings (SSSR count). The molecule has 0 aromatic heterocycles. The Morgan fingerprint density at radius 3 is 2.95 bits per heavy atom. The summed E-state index contributed by atoms with van der Waals surface area (Å²) in [5, 5.41) is 3.25. The first-order valence-corrected chi connectivity index (χ1v) is 7.71. The fourth-order valence-corrected chi connectivity index (χ4v) is 3.04. The van der Waals surface area contributed by atoms with Gasteiger partial charge in [0.2, 0.25) is 5.91 Å². The van der Waals surface area contributed by atoms with Gasteiger partial charge in [-0.3, -0.25) is 14.5 Å². The number of hydrogen-bond donors (Lipinski definition) is 1. The summed E-state index contributed by atoms with van der Waals surface area (Å²) in [6.45, 7) is 1.50. The number of methoxy groups -OCH3 is 1. The van der Waals surface area contributed by atoms with E-state index in [4.69, 9.17) is 16.3 Å². The van der Waals surface area contributed by atoms with E-state index in [2.05, 4.69) is 21.2 Å². The van der Waals surface area contributed by atoms with Crippen molar-refractivity contribution in [2.24, 2.45) is 5.92 Å². The largest absolute Gasteiger partial charge is 0.469 e. The molecule has 0 radical (unpaired) electrons. The van der Waals surface area contributed by atoms with E-state index in [0.717, 1.165) is 10.9 Å². The molecule has 1 aliphatic rings. The minimum absolute atomic E-state index is 0.140. The summed E-state index contributed by atoms with van der Waals surface area (Å²) in [4.78, 5) is 25.4. The van der Waals surface area contributed by atoms with Gasteiger partial charge < -0.3 is 10.1 Å². The van der Waals surface area contributed by atoms with Gasteiger partial charge in [-0.1, -0.05) is 27.5 Å². The molecule has 1 atom stereocenters. The number of amides is 1. The molecule has 0 bridgehead atoms. The molecule has 0 spiro atoms. The van der Waals surface area contributed by atoms with Crippen LogP contribution >= 0.6 is 27.5 Å². The quantitative estimate of drug-likeness (QED) is 0.822. The summed E-state index contributed by atoms with van der Waals surface area (Å²) in [5.41, 5.74) is 0.577. The molecule has 1 amide bonds. The molecule has 1 aromatic rings. The number of carbonyl (C=O) groups excluding carboxylic acids is 2. The molecule has 7 heteroatoms. The zero-order valence-electron chi connectivity index (χ0n) is 11.6. The molecule has 1 fully saturated rings.